The van der Waals surface area contributed by atoms with Gasteiger partial charge in [0.2, 0.25) is 0 Å². The molecule has 1 aliphatic rings. The Bertz CT molecular complexity index is 1130. The summed E-state index contributed by atoms with van der Waals surface area (Å²) >= 11 is 0. The van der Waals surface area contributed by atoms with E-state index in [1.807, 2.05) is 0 Å². The van der Waals surface area contributed by atoms with Gasteiger partial charge in [-0.15, -0.1) is 5.73 Å². The predicted molar refractivity (Wildman–Crippen MR) is 149 cm³/mol. The summed E-state index contributed by atoms with van der Waals surface area (Å²) in [6, 6.07) is 8.32. The molecule has 0 atom stereocenters. The topological polar surface area (TPSA) is 89.5 Å². The third-order valence-electron chi connectivity index (χ3n) is 5.05. The summed E-state index contributed by atoms with van der Waals surface area (Å²) < 4.78 is 0. The van der Waals surface area contributed by atoms with Gasteiger partial charge >= 0.3 is 0 Å². The van der Waals surface area contributed by atoms with Crippen molar-refractivity contribution in [2.75, 3.05) is 6.54 Å². The van der Waals surface area contributed by atoms with Crippen LogP contribution in [0.3, 0.4) is 0 Å². The van der Waals surface area contributed by atoms with Crippen LogP contribution in [0.15, 0.2) is 77.9 Å². The number of rotatable bonds is 9. The Morgan fingerprint density at radius 3 is 2.66 bits per heavy atom. The molecule has 0 saturated carbocycles. The number of aliphatic imine (C=N–C) groups is 1. The van der Waals surface area contributed by atoms with Gasteiger partial charge in [-0.2, -0.15) is 0 Å². The largest absolute Gasteiger partial charge is 0.394 e. The highest BCUT2D eigenvalue weighted by Gasteiger charge is 2.14. The van der Waals surface area contributed by atoms with Crippen LogP contribution in [0.1, 0.15) is 70.4 Å². The van der Waals surface area contributed by atoms with Gasteiger partial charge in [0, 0.05) is 33.3 Å². The van der Waals surface area contributed by atoms with Crippen molar-refractivity contribution in [1.82, 2.24) is 15.6 Å². The Balaban J connectivity index is 0.00000201. The number of allylic oxidation sites excluding steroid dienone is 1. The van der Waals surface area contributed by atoms with Gasteiger partial charge in [-0.05, 0) is 56.9 Å². The van der Waals surface area contributed by atoms with Gasteiger partial charge in [0.25, 0.3) is 5.91 Å². The molecule has 0 radical (unpaired) electrons. The minimum Gasteiger partial charge on any atom is -0.394 e. The number of hydrogen-bond acceptors (Lipinski definition) is 4. The monoisotopic (exact) mass is 478 g/mol. The number of H-pyrrole nitrogens is 1. The molecule has 190 valence electrons. The second kappa shape index (κ2) is 14.0. The summed E-state index contributed by atoms with van der Waals surface area (Å²) in [4.78, 5) is 19.7. The van der Waals surface area contributed by atoms with E-state index in [4.69, 9.17) is 10.1 Å². The summed E-state index contributed by atoms with van der Waals surface area (Å²) in [5, 5.41) is 14.2. The number of amides is 1. The number of benzene rings is 1. The van der Waals surface area contributed by atoms with Gasteiger partial charge in [0.05, 0.1) is 23.5 Å². The summed E-state index contributed by atoms with van der Waals surface area (Å²) in [5.74, 6) is 0.663. The third-order valence-corrected chi connectivity index (χ3v) is 5.05. The maximum absolute atomic E-state index is 12.1. The van der Waals surface area contributed by atoms with Crippen molar-refractivity contribution in [1.29, 1.82) is 0 Å². The van der Waals surface area contributed by atoms with Crippen LogP contribution >= 0.6 is 0 Å². The van der Waals surface area contributed by atoms with E-state index in [1.54, 1.807) is 32.3 Å². The maximum Gasteiger partial charge on any atom is 0.253 e. The zero-order chi connectivity index (χ0) is 25.8. The molecule has 2 aromatic rings. The number of amidine groups is 1. The molecule has 0 unspecified atom stereocenters. The molecular formula is C29H42N4O2. The fourth-order valence-electron chi connectivity index (χ4n) is 3.54. The molecule has 0 saturated heterocycles. The minimum atomic E-state index is -0.167. The summed E-state index contributed by atoms with van der Waals surface area (Å²) in [6.07, 6.45) is 9.09. The van der Waals surface area contributed by atoms with Gasteiger partial charge in [0.15, 0.2) is 0 Å². The number of aryl methyl sites for hydroxylation is 1. The number of nitrogens with one attached hydrogen (secondary N) is 3. The molecule has 1 amide bonds. The molecule has 0 bridgehead atoms. The van der Waals surface area contributed by atoms with Crippen LogP contribution in [0.4, 0.5) is 0 Å². The lowest BCUT2D eigenvalue weighted by Crippen LogP contribution is -2.32. The van der Waals surface area contributed by atoms with E-state index in [9.17, 15) is 4.79 Å². The first kappa shape index (κ1) is 27.6. The van der Waals surface area contributed by atoms with Gasteiger partial charge in [0.1, 0.15) is 5.84 Å². The normalized spacial score (nSPS) is 12.2. The first-order valence-electron chi connectivity index (χ1n) is 12.0. The van der Waals surface area contributed by atoms with Crippen molar-refractivity contribution < 1.29 is 12.8 Å². The Labute approximate surface area is 212 Å². The Morgan fingerprint density at radius 1 is 1.31 bits per heavy atom. The molecular weight excluding hydrogens is 436 g/mol. The van der Waals surface area contributed by atoms with Crippen molar-refractivity contribution in [3.8, 4) is 0 Å². The average Bonchev–Trinajstić information content (AvgIpc) is 3.49. The quantitative estimate of drug-likeness (QED) is 0.271. The molecule has 3 rings (SSSR count). The van der Waals surface area contributed by atoms with E-state index in [0.29, 0.717) is 24.2 Å². The summed E-state index contributed by atoms with van der Waals surface area (Å²) in [5.41, 5.74) is 10.0. The molecule has 4 N–H and O–H groups in total. The van der Waals surface area contributed by atoms with Crippen molar-refractivity contribution in [3.63, 3.8) is 0 Å². The molecule has 2 heterocycles. The van der Waals surface area contributed by atoms with Gasteiger partial charge in [-0.25, -0.2) is 4.99 Å². The number of hydrogen-bond donors (Lipinski definition) is 4. The molecule has 1 aromatic carbocycles. The average molecular weight is 479 g/mol. The zero-order valence-electron chi connectivity index (χ0n) is 21.4. The van der Waals surface area contributed by atoms with E-state index in [0.717, 1.165) is 41.9 Å². The SMILES string of the molecule is C=C=C(CNC(=O)c1cc[nH]c1)NC1=NC(c2ccc(CCC)c(CC(=C)C)c2)=CC1.CC(C)O.[HH].[HH]. The minimum absolute atomic E-state index is 0. The van der Waals surface area contributed by atoms with Gasteiger partial charge < -0.3 is 20.7 Å². The number of carbonyl (C=O) groups excluding carboxylic acids is 1. The fourth-order valence-corrected chi connectivity index (χ4v) is 3.54. The molecule has 0 fully saturated rings. The Kier molecular flexibility index (Phi) is 11.0. The molecule has 0 spiro atoms. The van der Waals surface area contributed by atoms with Crippen LogP contribution in [-0.4, -0.2) is 34.5 Å². The number of aliphatic hydroxyl groups excluding tert-OH is 1. The van der Waals surface area contributed by atoms with Crippen molar-refractivity contribution >= 4 is 17.4 Å². The van der Waals surface area contributed by atoms with Crippen LogP contribution in [0, 0.1) is 0 Å². The van der Waals surface area contributed by atoms with Crippen molar-refractivity contribution in [2.24, 2.45) is 4.99 Å². The molecule has 1 aliphatic heterocycles. The Hall–Kier alpha value is -3.60. The van der Waals surface area contributed by atoms with Gasteiger partial charge in [-0.1, -0.05) is 50.3 Å². The number of aromatic amines is 1. The smallest absolute Gasteiger partial charge is 0.253 e. The lowest BCUT2D eigenvalue weighted by molar-refractivity contribution is 0.0957. The van der Waals surface area contributed by atoms with Crippen LogP contribution in [0.2, 0.25) is 0 Å². The molecule has 6 nitrogen and oxygen atoms in total. The highest BCUT2D eigenvalue weighted by molar-refractivity contribution is 5.96. The standard InChI is InChI=1S/C26H30N4O.C3H8O.2H2/c1-5-7-19-8-9-20(15-22(19)14-18(3)4)24-10-11-25(30-24)29-23(6-2)17-28-26(31)21-12-13-27-16-21;1-3(2)4;;/h8-10,12-13,15-16,27H,2-3,5,7,11,14,17H2,1,4H3,(H,28,31)(H,29,30);3-4H,1-2H3;2*1H. The van der Waals surface area contributed by atoms with Crippen LogP contribution in [0.5, 0.6) is 0 Å². The van der Waals surface area contributed by atoms with E-state index in [-0.39, 0.29) is 14.9 Å². The second-order valence-corrected chi connectivity index (χ2v) is 8.88. The molecule has 35 heavy (non-hydrogen) atoms. The lowest BCUT2D eigenvalue weighted by atomic mass is 9.95. The van der Waals surface area contributed by atoms with Crippen molar-refractivity contribution in [3.05, 3.63) is 95.1 Å². The summed E-state index contributed by atoms with van der Waals surface area (Å²) in [7, 11) is 0. The first-order valence-corrected chi connectivity index (χ1v) is 12.0. The molecule has 6 heteroatoms. The van der Waals surface area contributed by atoms with E-state index >= 15 is 0 Å². The predicted octanol–water partition coefficient (Wildman–Crippen LogP) is 5.80. The maximum atomic E-state index is 12.1. The van der Waals surface area contributed by atoms with E-state index in [2.05, 4.69) is 72.6 Å². The number of aromatic nitrogens is 1. The lowest BCUT2D eigenvalue weighted by Gasteiger charge is -2.12. The van der Waals surface area contributed by atoms with Crippen LogP contribution in [-0.2, 0) is 12.8 Å². The molecule has 0 aliphatic carbocycles. The number of nitrogens with zero attached hydrogens (tertiary/aromatic N) is 1. The van der Waals surface area contributed by atoms with E-state index < -0.39 is 0 Å². The third kappa shape index (κ3) is 9.28. The van der Waals surface area contributed by atoms with Crippen LogP contribution < -0.4 is 10.6 Å². The van der Waals surface area contributed by atoms with Crippen molar-refractivity contribution in [2.45, 2.75) is 59.5 Å². The highest BCUT2D eigenvalue weighted by atomic mass is 16.3. The zero-order valence-corrected chi connectivity index (χ0v) is 21.4. The highest BCUT2D eigenvalue weighted by Crippen LogP contribution is 2.26. The second-order valence-electron chi connectivity index (χ2n) is 8.88. The fraction of sp³-hybridized carbons (Fsp3) is 0.345. The van der Waals surface area contributed by atoms with E-state index in [1.165, 1.54) is 11.1 Å². The van der Waals surface area contributed by atoms with Gasteiger partial charge in [-0.3, -0.25) is 4.79 Å². The Morgan fingerprint density at radius 2 is 2.06 bits per heavy atom. The number of carbonyl (C=O) groups is 1. The molecule has 1 aromatic heterocycles. The summed E-state index contributed by atoms with van der Waals surface area (Å²) in [6.45, 7) is 15.8. The van der Waals surface area contributed by atoms with Crippen LogP contribution in [0.25, 0.3) is 5.70 Å². The first-order chi connectivity index (χ1) is 16.7. The number of aliphatic hydroxyl groups is 1.